The molecule has 2 aromatic carbocycles. The predicted octanol–water partition coefficient (Wildman–Crippen LogP) is 4.43. The molecule has 24 heavy (non-hydrogen) atoms. The van der Waals surface area contributed by atoms with Gasteiger partial charge in [0.25, 0.3) is 0 Å². The summed E-state index contributed by atoms with van der Waals surface area (Å²) in [5, 5.41) is 17.0. The minimum atomic E-state index is -3.40. The van der Waals surface area contributed by atoms with Gasteiger partial charge in [-0.05, 0) is 37.1 Å². The van der Waals surface area contributed by atoms with Crippen molar-refractivity contribution in [2.75, 3.05) is 12.4 Å². The summed E-state index contributed by atoms with van der Waals surface area (Å²) in [4.78, 5) is 0.215. The van der Waals surface area contributed by atoms with Gasteiger partial charge in [0.2, 0.25) is 0 Å². The summed E-state index contributed by atoms with van der Waals surface area (Å²) >= 11 is 0. The molecule has 5 nitrogen and oxygen atoms in total. The Balaban J connectivity index is 2.11. The van der Waals surface area contributed by atoms with E-state index in [9.17, 15) is 8.42 Å². The van der Waals surface area contributed by atoms with Gasteiger partial charge in [0.15, 0.2) is 9.84 Å². The molecule has 0 atom stereocenters. The lowest BCUT2D eigenvalue weighted by Crippen LogP contribution is -2.07. The fraction of sp³-hybridized carbons (Fsp3) is 0.333. The van der Waals surface area contributed by atoms with Crippen LogP contribution in [0.25, 0.3) is 0 Å². The van der Waals surface area contributed by atoms with Crippen LogP contribution in [0.2, 0.25) is 0 Å². The van der Waals surface area contributed by atoms with Crippen molar-refractivity contribution in [2.45, 2.75) is 30.6 Å². The van der Waals surface area contributed by atoms with Crippen LogP contribution in [0.3, 0.4) is 0 Å². The van der Waals surface area contributed by atoms with Crippen molar-refractivity contribution in [3.05, 3.63) is 54.6 Å². The number of hydrogen-bond acceptors (Lipinski definition) is 5. The Bertz CT molecular complexity index is 759. The van der Waals surface area contributed by atoms with Gasteiger partial charge in [0.1, 0.15) is 5.69 Å². The van der Waals surface area contributed by atoms with E-state index in [1.54, 1.807) is 24.3 Å². The van der Waals surface area contributed by atoms with Crippen molar-refractivity contribution in [1.29, 1.82) is 0 Å². The summed E-state index contributed by atoms with van der Waals surface area (Å²) in [5.74, 6) is 0.0797. The summed E-state index contributed by atoms with van der Waals surface area (Å²) in [6.07, 6.45) is 2.91. The highest BCUT2D eigenvalue weighted by atomic mass is 32.2. The highest BCUT2D eigenvalue weighted by Gasteiger charge is 2.18. The van der Waals surface area contributed by atoms with Crippen molar-refractivity contribution in [2.24, 2.45) is 10.2 Å². The molecule has 0 aliphatic heterocycles. The molecule has 6 heteroatoms. The number of rotatable bonds is 9. The molecule has 0 fully saturated rings. The molecule has 0 saturated heterocycles. The Morgan fingerprint density at radius 1 is 0.792 bits per heavy atom. The van der Waals surface area contributed by atoms with Crippen molar-refractivity contribution >= 4 is 21.2 Å². The van der Waals surface area contributed by atoms with Crippen LogP contribution >= 0.6 is 0 Å². The van der Waals surface area contributed by atoms with E-state index in [4.69, 9.17) is 5.11 Å². The second-order valence-electron chi connectivity index (χ2n) is 5.46. The molecule has 0 radical (unpaired) electrons. The molecule has 0 bridgehead atoms. The van der Waals surface area contributed by atoms with Crippen LogP contribution in [-0.2, 0) is 9.84 Å². The van der Waals surface area contributed by atoms with E-state index >= 15 is 0 Å². The second kappa shape index (κ2) is 9.30. The summed E-state index contributed by atoms with van der Waals surface area (Å²) < 4.78 is 25.1. The summed E-state index contributed by atoms with van der Waals surface area (Å²) in [5.41, 5.74) is 1.03. The zero-order valence-corrected chi connectivity index (χ0v) is 14.3. The first-order valence-corrected chi connectivity index (χ1v) is 9.68. The SMILES string of the molecule is O=S(=O)(CCCCCCO)c1ccccc1N=Nc1ccccc1. The minimum Gasteiger partial charge on any atom is -0.396 e. The molecule has 0 unspecified atom stereocenters. The molecule has 0 amide bonds. The first-order chi connectivity index (χ1) is 11.6. The van der Waals surface area contributed by atoms with Crippen LogP contribution in [-0.4, -0.2) is 25.9 Å². The molecule has 128 valence electrons. The first-order valence-electron chi connectivity index (χ1n) is 8.03. The Morgan fingerprint density at radius 3 is 2.21 bits per heavy atom. The number of benzene rings is 2. The third kappa shape index (κ3) is 5.54. The zero-order valence-electron chi connectivity index (χ0n) is 13.5. The molecule has 0 saturated carbocycles. The van der Waals surface area contributed by atoms with Gasteiger partial charge in [-0.25, -0.2) is 8.42 Å². The predicted molar refractivity (Wildman–Crippen MR) is 94.7 cm³/mol. The average Bonchev–Trinajstić information content (AvgIpc) is 2.61. The van der Waals surface area contributed by atoms with Gasteiger partial charge >= 0.3 is 0 Å². The minimum absolute atomic E-state index is 0.0797. The van der Waals surface area contributed by atoms with Gasteiger partial charge in [0, 0.05) is 6.61 Å². The molecular formula is C18H22N2O3S. The van der Waals surface area contributed by atoms with E-state index in [0.717, 1.165) is 12.8 Å². The van der Waals surface area contributed by atoms with Crippen LogP contribution in [0.1, 0.15) is 25.7 Å². The lowest BCUT2D eigenvalue weighted by atomic mass is 10.2. The van der Waals surface area contributed by atoms with Crippen molar-refractivity contribution < 1.29 is 13.5 Å². The normalized spacial score (nSPS) is 11.9. The number of hydrogen-bond donors (Lipinski definition) is 1. The van der Waals surface area contributed by atoms with Crippen LogP contribution in [0.15, 0.2) is 69.7 Å². The number of nitrogens with zero attached hydrogens (tertiary/aromatic N) is 2. The molecule has 0 aromatic heterocycles. The van der Waals surface area contributed by atoms with E-state index in [1.165, 1.54) is 0 Å². The van der Waals surface area contributed by atoms with Gasteiger partial charge in [0.05, 0.1) is 16.3 Å². The average molecular weight is 346 g/mol. The first kappa shape index (κ1) is 18.3. The maximum absolute atomic E-state index is 12.5. The fourth-order valence-electron chi connectivity index (χ4n) is 2.28. The molecule has 1 N–H and O–H groups in total. The Labute approximate surface area is 143 Å². The maximum Gasteiger partial charge on any atom is 0.180 e. The van der Waals surface area contributed by atoms with E-state index < -0.39 is 9.84 Å². The molecule has 0 aliphatic carbocycles. The van der Waals surface area contributed by atoms with Crippen LogP contribution < -0.4 is 0 Å². The number of azo groups is 1. The van der Waals surface area contributed by atoms with Crippen molar-refractivity contribution in [3.8, 4) is 0 Å². The largest absolute Gasteiger partial charge is 0.396 e. The van der Waals surface area contributed by atoms with Gasteiger partial charge in [-0.3, -0.25) is 0 Å². The van der Waals surface area contributed by atoms with Gasteiger partial charge in [-0.1, -0.05) is 43.2 Å². The Hall–Kier alpha value is -2.05. The van der Waals surface area contributed by atoms with Gasteiger partial charge < -0.3 is 5.11 Å². The molecule has 0 spiro atoms. The van der Waals surface area contributed by atoms with Crippen LogP contribution in [0, 0.1) is 0 Å². The number of unbranched alkanes of at least 4 members (excludes halogenated alkanes) is 3. The molecular weight excluding hydrogens is 324 g/mol. The number of aliphatic hydroxyl groups excluding tert-OH is 1. The maximum atomic E-state index is 12.5. The smallest absolute Gasteiger partial charge is 0.180 e. The third-order valence-electron chi connectivity index (χ3n) is 3.55. The molecule has 2 aromatic rings. The van der Waals surface area contributed by atoms with E-state index in [0.29, 0.717) is 24.2 Å². The van der Waals surface area contributed by atoms with Crippen LogP contribution in [0.5, 0.6) is 0 Å². The van der Waals surface area contributed by atoms with Crippen molar-refractivity contribution in [1.82, 2.24) is 0 Å². The summed E-state index contributed by atoms with van der Waals surface area (Å²) in [7, 11) is -3.40. The van der Waals surface area contributed by atoms with Gasteiger partial charge in [-0.2, -0.15) is 5.11 Å². The number of sulfone groups is 1. The van der Waals surface area contributed by atoms with Gasteiger partial charge in [-0.15, -0.1) is 5.11 Å². The molecule has 2 rings (SSSR count). The summed E-state index contributed by atoms with van der Waals surface area (Å²) in [6, 6.07) is 15.9. The number of aliphatic hydroxyl groups is 1. The monoisotopic (exact) mass is 346 g/mol. The van der Waals surface area contributed by atoms with E-state index in [2.05, 4.69) is 10.2 Å². The topological polar surface area (TPSA) is 79.1 Å². The summed E-state index contributed by atoms with van der Waals surface area (Å²) in [6.45, 7) is 0.148. The lowest BCUT2D eigenvalue weighted by molar-refractivity contribution is 0.283. The van der Waals surface area contributed by atoms with Crippen LogP contribution in [0.4, 0.5) is 11.4 Å². The Morgan fingerprint density at radius 2 is 1.46 bits per heavy atom. The second-order valence-corrected chi connectivity index (χ2v) is 7.54. The quantitative estimate of drug-likeness (QED) is 0.539. The standard InChI is InChI=1S/C18H22N2O3S/c21-14-8-1-2-9-15-24(22,23)18-13-7-6-12-17(18)20-19-16-10-4-3-5-11-16/h3-7,10-13,21H,1-2,8-9,14-15H2. The zero-order chi connectivity index (χ0) is 17.3. The molecule has 0 aliphatic rings. The van der Waals surface area contributed by atoms with Crippen molar-refractivity contribution in [3.63, 3.8) is 0 Å². The van der Waals surface area contributed by atoms with E-state index in [-0.39, 0.29) is 17.3 Å². The fourth-order valence-corrected chi connectivity index (χ4v) is 3.79. The highest BCUT2D eigenvalue weighted by Crippen LogP contribution is 2.27. The molecule has 0 heterocycles. The third-order valence-corrected chi connectivity index (χ3v) is 5.39. The lowest BCUT2D eigenvalue weighted by Gasteiger charge is -2.07. The Kier molecular flexibility index (Phi) is 7.08. The highest BCUT2D eigenvalue weighted by molar-refractivity contribution is 7.91. The van der Waals surface area contributed by atoms with E-state index in [1.807, 2.05) is 30.3 Å².